The van der Waals surface area contributed by atoms with E-state index in [0.29, 0.717) is 11.3 Å². The maximum absolute atomic E-state index is 13.5. The highest BCUT2D eigenvalue weighted by atomic mass is 32.1. The fraction of sp³-hybridized carbons (Fsp3) is 0.400. The van der Waals surface area contributed by atoms with Gasteiger partial charge in [-0.05, 0) is 49.8 Å². The molecule has 0 radical (unpaired) electrons. The van der Waals surface area contributed by atoms with Crippen molar-refractivity contribution < 1.29 is 28.3 Å². The molecule has 3 amide bonds. The first-order valence-corrected chi connectivity index (χ1v) is 12.3. The maximum Gasteiger partial charge on any atom is 0.350 e. The molecule has 2 heterocycles. The Morgan fingerprint density at radius 1 is 1.14 bits per heavy atom. The Morgan fingerprint density at radius 2 is 1.77 bits per heavy atom. The molecule has 8 nitrogen and oxygen atoms in total. The van der Waals surface area contributed by atoms with Crippen LogP contribution < -0.4 is 4.90 Å². The monoisotopic (exact) mass is 497 g/mol. The number of carbonyl (C=O) groups excluding carboxylic acids is 4. The molecule has 2 aromatic rings. The zero-order chi connectivity index (χ0) is 24.9. The van der Waals surface area contributed by atoms with E-state index in [9.17, 15) is 23.6 Å². The molecule has 1 aromatic heterocycles. The summed E-state index contributed by atoms with van der Waals surface area (Å²) in [6, 6.07) is 5.66. The number of ether oxygens (including phenoxy) is 1. The van der Waals surface area contributed by atoms with Gasteiger partial charge in [-0.15, -0.1) is 0 Å². The Balaban J connectivity index is 1.42. The Kier molecular flexibility index (Phi) is 6.00. The average molecular weight is 498 g/mol. The summed E-state index contributed by atoms with van der Waals surface area (Å²) in [4.78, 5) is 59.1. The number of thiazole rings is 1. The van der Waals surface area contributed by atoms with E-state index in [1.165, 1.54) is 17.0 Å². The van der Waals surface area contributed by atoms with Crippen molar-refractivity contribution in [2.45, 2.75) is 26.8 Å². The second kappa shape index (κ2) is 8.99. The summed E-state index contributed by atoms with van der Waals surface area (Å²) >= 11 is 1.00. The van der Waals surface area contributed by atoms with Crippen molar-refractivity contribution in [3.63, 3.8) is 0 Å². The summed E-state index contributed by atoms with van der Waals surface area (Å²) in [6.45, 7) is 3.15. The molecule has 182 valence electrons. The first-order valence-electron chi connectivity index (χ1n) is 11.5. The summed E-state index contributed by atoms with van der Waals surface area (Å²) in [6.07, 6.45) is 4.80. The van der Waals surface area contributed by atoms with Gasteiger partial charge < -0.3 is 4.74 Å². The van der Waals surface area contributed by atoms with Crippen molar-refractivity contribution in [2.24, 2.45) is 23.7 Å². The van der Waals surface area contributed by atoms with E-state index in [4.69, 9.17) is 4.74 Å². The van der Waals surface area contributed by atoms with Gasteiger partial charge in [0.2, 0.25) is 17.7 Å². The number of nitrogens with zero attached hydrogens (tertiary/aromatic N) is 3. The number of hydrogen-bond acceptors (Lipinski definition) is 7. The van der Waals surface area contributed by atoms with Crippen LogP contribution >= 0.6 is 11.3 Å². The number of carbonyl (C=O) groups is 4. The molecule has 3 aliphatic rings. The second-order valence-corrected chi connectivity index (χ2v) is 9.98. The number of likely N-dealkylation sites (tertiary alicyclic amines) is 1. The van der Waals surface area contributed by atoms with Gasteiger partial charge >= 0.3 is 5.97 Å². The van der Waals surface area contributed by atoms with Crippen LogP contribution in [-0.4, -0.2) is 46.7 Å². The Labute approximate surface area is 205 Å². The van der Waals surface area contributed by atoms with E-state index in [0.717, 1.165) is 22.7 Å². The predicted molar refractivity (Wildman–Crippen MR) is 125 cm³/mol. The van der Waals surface area contributed by atoms with E-state index in [1.807, 2.05) is 12.2 Å². The van der Waals surface area contributed by atoms with Crippen LogP contribution in [0.5, 0.6) is 0 Å². The van der Waals surface area contributed by atoms with Gasteiger partial charge in [-0.25, -0.2) is 14.2 Å². The molecule has 2 bridgehead atoms. The molecule has 1 aliphatic heterocycles. The molecule has 2 fully saturated rings. The number of benzene rings is 1. The lowest BCUT2D eigenvalue weighted by Gasteiger charge is -2.23. The molecule has 4 atom stereocenters. The van der Waals surface area contributed by atoms with Crippen LogP contribution in [0.1, 0.15) is 34.3 Å². The summed E-state index contributed by atoms with van der Waals surface area (Å²) in [5, 5.41) is 0.237. The highest BCUT2D eigenvalue weighted by Gasteiger charge is 2.59. The van der Waals surface area contributed by atoms with E-state index in [1.54, 1.807) is 26.0 Å². The third-order valence-electron chi connectivity index (χ3n) is 6.89. The van der Waals surface area contributed by atoms with Gasteiger partial charge in [0.05, 0.1) is 30.7 Å². The van der Waals surface area contributed by atoms with Crippen LogP contribution in [-0.2, 0) is 25.7 Å². The third-order valence-corrected chi connectivity index (χ3v) is 8.05. The molecule has 5 rings (SSSR count). The molecule has 2 aliphatic carbocycles. The fourth-order valence-electron chi connectivity index (χ4n) is 5.26. The molecular weight excluding hydrogens is 473 g/mol. The molecule has 0 N–H and O–H groups in total. The topological polar surface area (TPSA) is 96.9 Å². The molecule has 1 saturated carbocycles. The number of fused-ring (bicyclic) bond motifs is 5. The molecular formula is C25H24FN3O5S. The summed E-state index contributed by atoms with van der Waals surface area (Å²) in [5.74, 6) is -2.78. The van der Waals surface area contributed by atoms with Gasteiger partial charge in [-0.2, -0.15) is 0 Å². The number of imide groups is 1. The van der Waals surface area contributed by atoms with Gasteiger partial charge in [-0.3, -0.25) is 24.2 Å². The first-order chi connectivity index (χ1) is 16.8. The smallest absolute Gasteiger partial charge is 0.350 e. The quantitative estimate of drug-likeness (QED) is 0.331. The van der Waals surface area contributed by atoms with Crippen LogP contribution in [0, 0.1) is 36.4 Å². The standard InChI is InChI=1S/C25H24FN3O5S/c1-3-34-24(33)21-13(2)27-25(35-21)28(11-14-4-8-17(26)9-5-14)18(30)12-29-22(31)19-15-6-7-16(10-15)20(19)23(29)32/h4-9,15-16,19-20H,3,10-12H2,1-2H3. The molecule has 1 aromatic carbocycles. The van der Waals surface area contributed by atoms with Crippen LogP contribution in [0.2, 0.25) is 0 Å². The number of halogens is 1. The van der Waals surface area contributed by atoms with Gasteiger partial charge in [0.15, 0.2) is 5.13 Å². The number of aromatic nitrogens is 1. The van der Waals surface area contributed by atoms with Crippen molar-refractivity contribution in [3.8, 4) is 0 Å². The van der Waals surface area contributed by atoms with E-state index < -0.39 is 36.1 Å². The van der Waals surface area contributed by atoms with Crippen molar-refractivity contribution in [3.05, 3.63) is 58.4 Å². The predicted octanol–water partition coefficient (Wildman–Crippen LogP) is 3.11. The number of anilines is 1. The van der Waals surface area contributed by atoms with Gasteiger partial charge in [0.25, 0.3) is 0 Å². The lowest BCUT2D eigenvalue weighted by atomic mass is 9.85. The van der Waals surface area contributed by atoms with E-state index in [-0.39, 0.29) is 46.8 Å². The minimum atomic E-state index is -0.538. The number of hydrogen-bond donors (Lipinski definition) is 0. The van der Waals surface area contributed by atoms with Crippen molar-refractivity contribution in [1.29, 1.82) is 0 Å². The SMILES string of the molecule is CCOC(=O)c1sc(N(Cc2ccc(F)cc2)C(=O)CN2C(=O)C3C4C=CC(C4)C3C2=O)nc1C. The molecule has 10 heteroatoms. The number of aryl methyl sites for hydroxylation is 1. The van der Waals surface area contributed by atoms with E-state index in [2.05, 4.69) is 4.98 Å². The van der Waals surface area contributed by atoms with Crippen molar-refractivity contribution in [2.75, 3.05) is 18.1 Å². The fourth-order valence-corrected chi connectivity index (χ4v) is 6.24. The lowest BCUT2D eigenvalue weighted by molar-refractivity contribution is -0.143. The minimum absolute atomic E-state index is 0.0320. The number of allylic oxidation sites excluding steroid dienone is 2. The summed E-state index contributed by atoms with van der Waals surface area (Å²) in [5.41, 5.74) is 1.04. The second-order valence-electron chi connectivity index (χ2n) is 9.00. The Hall–Kier alpha value is -3.40. The van der Waals surface area contributed by atoms with Gasteiger partial charge in [-0.1, -0.05) is 35.6 Å². The number of esters is 1. The van der Waals surface area contributed by atoms with Crippen LogP contribution in [0.15, 0.2) is 36.4 Å². The van der Waals surface area contributed by atoms with Crippen molar-refractivity contribution in [1.82, 2.24) is 9.88 Å². The Morgan fingerprint density at radius 3 is 2.37 bits per heavy atom. The first kappa shape index (κ1) is 23.3. The van der Waals surface area contributed by atoms with Crippen LogP contribution in [0.4, 0.5) is 9.52 Å². The minimum Gasteiger partial charge on any atom is -0.462 e. The zero-order valence-electron chi connectivity index (χ0n) is 19.3. The number of rotatable bonds is 7. The average Bonchev–Trinajstić information content (AvgIpc) is 3.59. The maximum atomic E-state index is 13.5. The van der Waals surface area contributed by atoms with Crippen LogP contribution in [0.25, 0.3) is 0 Å². The number of amides is 3. The zero-order valence-corrected chi connectivity index (χ0v) is 20.1. The highest BCUT2D eigenvalue weighted by Crippen LogP contribution is 2.52. The molecule has 1 saturated heterocycles. The largest absolute Gasteiger partial charge is 0.462 e. The van der Waals surface area contributed by atoms with Gasteiger partial charge in [0, 0.05) is 0 Å². The van der Waals surface area contributed by atoms with Crippen molar-refractivity contribution >= 4 is 40.2 Å². The summed E-state index contributed by atoms with van der Waals surface area (Å²) < 4.78 is 18.5. The highest BCUT2D eigenvalue weighted by molar-refractivity contribution is 7.17. The lowest BCUT2D eigenvalue weighted by Crippen LogP contribution is -2.43. The van der Waals surface area contributed by atoms with Gasteiger partial charge in [0.1, 0.15) is 17.2 Å². The van der Waals surface area contributed by atoms with Crippen LogP contribution in [0.3, 0.4) is 0 Å². The molecule has 0 spiro atoms. The molecule has 4 unspecified atom stereocenters. The molecule has 35 heavy (non-hydrogen) atoms. The van der Waals surface area contributed by atoms with E-state index >= 15 is 0 Å². The normalized spacial score (nSPS) is 24.3. The summed E-state index contributed by atoms with van der Waals surface area (Å²) in [7, 11) is 0. The Bertz CT molecular complexity index is 1210. The third kappa shape index (κ3) is 4.05.